The average Bonchev–Trinajstić information content (AvgIpc) is 3.01. The molecule has 1 aromatic carbocycles. The number of carbonyl (C=O) groups excluding carboxylic acids is 2. The van der Waals surface area contributed by atoms with Gasteiger partial charge in [0, 0.05) is 37.6 Å². The topological polar surface area (TPSA) is 81.2 Å². The van der Waals surface area contributed by atoms with Gasteiger partial charge in [-0.25, -0.2) is 4.98 Å². The maximum absolute atomic E-state index is 12.6. The standard InChI is InChI=1S/C17H22N4O2S/c1-2-10-20-12-9-19-17(20)24-13-16(23)21(11-8-15(18)22)14-6-4-3-5-7-14/h3-7,9,12H,2,8,10-11,13H2,1H3,(H2,18,22). The van der Waals surface area contributed by atoms with Crippen LogP contribution >= 0.6 is 11.8 Å². The number of primary amides is 1. The van der Waals surface area contributed by atoms with Crippen molar-refractivity contribution in [2.24, 2.45) is 5.73 Å². The van der Waals surface area contributed by atoms with Crippen LogP contribution in [0.4, 0.5) is 5.69 Å². The summed E-state index contributed by atoms with van der Waals surface area (Å²) in [6, 6.07) is 9.31. The van der Waals surface area contributed by atoms with Gasteiger partial charge in [0.25, 0.3) is 0 Å². The summed E-state index contributed by atoms with van der Waals surface area (Å²) in [5.74, 6) is -0.234. The molecule has 24 heavy (non-hydrogen) atoms. The zero-order valence-electron chi connectivity index (χ0n) is 13.7. The molecule has 7 heteroatoms. The van der Waals surface area contributed by atoms with Crippen molar-refractivity contribution in [3.63, 3.8) is 0 Å². The fourth-order valence-corrected chi connectivity index (χ4v) is 3.14. The fourth-order valence-electron chi connectivity index (χ4n) is 2.28. The second-order valence-corrected chi connectivity index (χ2v) is 6.23. The number of para-hydroxylation sites is 1. The Morgan fingerprint density at radius 3 is 2.71 bits per heavy atom. The van der Waals surface area contributed by atoms with Crippen LogP contribution in [-0.4, -0.2) is 33.7 Å². The molecule has 0 radical (unpaired) electrons. The Balaban J connectivity index is 2.04. The molecule has 2 aromatic rings. The van der Waals surface area contributed by atoms with Gasteiger partial charge in [-0.15, -0.1) is 0 Å². The van der Waals surface area contributed by atoms with E-state index in [1.807, 2.05) is 41.1 Å². The third-order valence-electron chi connectivity index (χ3n) is 3.42. The van der Waals surface area contributed by atoms with Gasteiger partial charge in [-0.3, -0.25) is 9.59 Å². The molecule has 0 aliphatic rings. The van der Waals surface area contributed by atoms with E-state index in [1.54, 1.807) is 11.1 Å². The van der Waals surface area contributed by atoms with Crippen LogP contribution in [0.15, 0.2) is 47.9 Å². The molecule has 1 heterocycles. The number of amides is 2. The van der Waals surface area contributed by atoms with Crippen molar-refractivity contribution in [1.82, 2.24) is 9.55 Å². The van der Waals surface area contributed by atoms with Gasteiger partial charge >= 0.3 is 0 Å². The number of hydrogen-bond donors (Lipinski definition) is 1. The van der Waals surface area contributed by atoms with Gasteiger partial charge in [-0.05, 0) is 18.6 Å². The minimum Gasteiger partial charge on any atom is -0.370 e. The summed E-state index contributed by atoms with van der Waals surface area (Å²) in [7, 11) is 0. The number of rotatable bonds is 9. The molecule has 0 bridgehead atoms. The minimum absolute atomic E-state index is 0.0708. The van der Waals surface area contributed by atoms with Crippen molar-refractivity contribution >= 4 is 29.3 Å². The van der Waals surface area contributed by atoms with Gasteiger partial charge in [-0.2, -0.15) is 0 Å². The van der Waals surface area contributed by atoms with Gasteiger partial charge < -0.3 is 15.2 Å². The second-order valence-electron chi connectivity index (χ2n) is 5.29. The highest BCUT2D eigenvalue weighted by Gasteiger charge is 2.17. The molecule has 0 saturated carbocycles. The van der Waals surface area contributed by atoms with Crippen LogP contribution in [0.2, 0.25) is 0 Å². The van der Waals surface area contributed by atoms with Crippen molar-refractivity contribution in [2.75, 3.05) is 17.2 Å². The van der Waals surface area contributed by atoms with E-state index in [4.69, 9.17) is 5.73 Å². The Morgan fingerprint density at radius 2 is 2.04 bits per heavy atom. The Labute approximate surface area is 146 Å². The van der Waals surface area contributed by atoms with Gasteiger partial charge in [0.15, 0.2) is 5.16 Å². The number of imidazole rings is 1. The van der Waals surface area contributed by atoms with Crippen LogP contribution in [0.3, 0.4) is 0 Å². The van der Waals surface area contributed by atoms with Crippen LogP contribution in [0.5, 0.6) is 0 Å². The van der Waals surface area contributed by atoms with Crippen LogP contribution in [0.1, 0.15) is 19.8 Å². The van der Waals surface area contributed by atoms with Crippen molar-refractivity contribution in [2.45, 2.75) is 31.5 Å². The fraction of sp³-hybridized carbons (Fsp3) is 0.353. The van der Waals surface area contributed by atoms with Gasteiger partial charge in [-0.1, -0.05) is 36.9 Å². The Bertz CT molecular complexity index is 672. The number of hydrogen-bond acceptors (Lipinski definition) is 4. The predicted molar refractivity (Wildman–Crippen MR) is 95.8 cm³/mol. The van der Waals surface area contributed by atoms with E-state index in [1.165, 1.54) is 11.8 Å². The average molecular weight is 346 g/mol. The highest BCUT2D eigenvalue weighted by Crippen LogP contribution is 2.20. The lowest BCUT2D eigenvalue weighted by molar-refractivity contribution is -0.118. The smallest absolute Gasteiger partial charge is 0.237 e. The molecule has 0 aliphatic heterocycles. The van der Waals surface area contributed by atoms with Crippen molar-refractivity contribution in [1.29, 1.82) is 0 Å². The first-order valence-electron chi connectivity index (χ1n) is 7.89. The van der Waals surface area contributed by atoms with E-state index in [2.05, 4.69) is 11.9 Å². The molecule has 1 aromatic heterocycles. The molecule has 2 amide bonds. The van der Waals surface area contributed by atoms with Crippen molar-refractivity contribution < 1.29 is 9.59 Å². The van der Waals surface area contributed by atoms with E-state index in [9.17, 15) is 9.59 Å². The van der Waals surface area contributed by atoms with Crippen LogP contribution < -0.4 is 10.6 Å². The van der Waals surface area contributed by atoms with E-state index >= 15 is 0 Å². The van der Waals surface area contributed by atoms with E-state index in [0.29, 0.717) is 0 Å². The van der Waals surface area contributed by atoms with Crippen LogP contribution in [0, 0.1) is 0 Å². The summed E-state index contributed by atoms with van der Waals surface area (Å²) in [6.07, 6.45) is 4.80. The number of benzene rings is 1. The van der Waals surface area contributed by atoms with Crippen LogP contribution in [-0.2, 0) is 16.1 Å². The molecule has 0 fully saturated rings. The SMILES string of the molecule is CCCn1ccnc1SCC(=O)N(CCC(N)=O)c1ccccc1. The summed E-state index contributed by atoms with van der Waals surface area (Å²) in [6.45, 7) is 3.25. The zero-order valence-corrected chi connectivity index (χ0v) is 14.5. The predicted octanol–water partition coefficient (Wildman–Crippen LogP) is 2.29. The number of anilines is 1. The normalized spacial score (nSPS) is 10.5. The van der Waals surface area contributed by atoms with Crippen molar-refractivity contribution in [3.8, 4) is 0 Å². The number of nitrogens with two attached hydrogens (primary N) is 1. The zero-order chi connectivity index (χ0) is 17.4. The summed E-state index contributed by atoms with van der Waals surface area (Å²) in [5.41, 5.74) is 5.99. The molecule has 0 spiro atoms. The Hall–Kier alpha value is -2.28. The second kappa shape index (κ2) is 9.12. The lowest BCUT2D eigenvalue weighted by Crippen LogP contribution is -2.35. The molecule has 0 atom stereocenters. The lowest BCUT2D eigenvalue weighted by atomic mass is 10.2. The number of carbonyl (C=O) groups is 2. The molecule has 0 saturated heterocycles. The van der Waals surface area contributed by atoms with E-state index in [0.717, 1.165) is 23.8 Å². The summed E-state index contributed by atoms with van der Waals surface area (Å²) >= 11 is 1.40. The third-order valence-corrected chi connectivity index (χ3v) is 4.41. The highest BCUT2D eigenvalue weighted by molar-refractivity contribution is 7.99. The molecule has 128 valence electrons. The maximum atomic E-state index is 12.6. The van der Waals surface area contributed by atoms with Gasteiger partial charge in [0.05, 0.1) is 5.75 Å². The number of thioether (sulfide) groups is 1. The molecule has 2 rings (SSSR count). The first kappa shape index (κ1) is 18.1. The number of aromatic nitrogens is 2. The monoisotopic (exact) mass is 346 g/mol. The number of nitrogens with zero attached hydrogens (tertiary/aromatic N) is 3. The van der Waals surface area contributed by atoms with Gasteiger partial charge in [0.1, 0.15) is 0 Å². The molecule has 0 unspecified atom stereocenters. The molecular weight excluding hydrogens is 324 g/mol. The van der Waals surface area contributed by atoms with E-state index < -0.39 is 5.91 Å². The van der Waals surface area contributed by atoms with Crippen molar-refractivity contribution in [3.05, 3.63) is 42.7 Å². The minimum atomic E-state index is -0.421. The third kappa shape index (κ3) is 5.13. The molecule has 2 N–H and O–H groups in total. The first-order chi connectivity index (χ1) is 11.6. The Kier molecular flexibility index (Phi) is 6.87. The highest BCUT2D eigenvalue weighted by atomic mass is 32.2. The quantitative estimate of drug-likeness (QED) is 0.706. The summed E-state index contributed by atoms with van der Waals surface area (Å²) in [4.78, 5) is 29.6. The summed E-state index contributed by atoms with van der Waals surface area (Å²) < 4.78 is 2.04. The van der Waals surface area contributed by atoms with E-state index in [-0.39, 0.29) is 24.6 Å². The molecule has 0 aliphatic carbocycles. The van der Waals surface area contributed by atoms with Crippen LogP contribution in [0.25, 0.3) is 0 Å². The summed E-state index contributed by atoms with van der Waals surface area (Å²) in [5, 5.41) is 0.827. The Morgan fingerprint density at radius 1 is 1.29 bits per heavy atom. The first-order valence-corrected chi connectivity index (χ1v) is 8.88. The largest absolute Gasteiger partial charge is 0.370 e. The molecule has 6 nitrogen and oxygen atoms in total. The lowest BCUT2D eigenvalue weighted by Gasteiger charge is -2.22. The van der Waals surface area contributed by atoms with Gasteiger partial charge in [0.2, 0.25) is 11.8 Å². The molecular formula is C17H22N4O2S. The number of aryl methyl sites for hydroxylation is 1. The maximum Gasteiger partial charge on any atom is 0.237 e.